The van der Waals surface area contributed by atoms with Crippen LogP contribution in [0.2, 0.25) is 0 Å². The van der Waals surface area contributed by atoms with Gasteiger partial charge in [0.05, 0.1) is 30.6 Å². The van der Waals surface area contributed by atoms with Crippen molar-refractivity contribution in [3.63, 3.8) is 0 Å². The van der Waals surface area contributed by atoms with Crippen LogP contribution in [-0.2, 0) is 19.1 Å². The molecule has 0 bridgehead atoms. The Kier molecular flexibility index (Phi) is 3.22. The van der Waals surface area contributed by atoms with E-state index in [0.717, 1.165) is 5.56 Å². The Balaban J connectivity index is 1.65. The summed E-state index contributed by atoms with van der Waals surface area (Å²) in [6, 6.07) is 9.36. The molecule has 0 N–H and O–H groups in total. The first-order valence-corrected chi connectivity index (χ1v) is 6.69. The Hall–Kier alpha value is -1.92. The van der Waals surface area contributed by atoms with E-state index in [1.807, 2.05) is 30.3 Å². The number of carboxylic acid groups (broad SMARTS) is 2. The average Bonchev–Trinajstić information content (AvgIpc) is 2.45. The van der Waals surface area contributed by atoms with Gasteiger partial charge in [-0.3, -0.25) is 0 Å². The summed E-state index contributed by atoms with van der Waals surface area (Å²) < 4.78 is 11.3. The molecule has 0 unspecified atom stereocenters. The molecule has 1 aromatic carbocycles. The SMILES string of the molecule is O=C([O-])C1(C(=O)[O-])CC2(COC(c3ccccc3)OC2)C1. The van der Waals surface area contributed by atoms with Crippen molar-refractivity contribution in [1.29, 1.82) is 0 Å². The van der Waals surface area contributed by atoms with Gasteiger partial charge in [-0.1, -0.05) is 30.3 Å². The largest absolute Gasteiger partial charge is 0.549 e. The van der Waals surface area contributed by atoms with Crippen molar-refractivity contribution in [3.8, 4) is 0 Å². The van der Waals surface area contributed by atoms with Crippen molar-refractivity contribution in [2.24, 2.45) is 10.8 Å². The Bertz CT molecular complexity index is 535. The molecule has 2 aliphatic rings. The molecule has 112 valence electrons. The van der Waals surface area contributed by atoms with Crippen molar-refractivity contribution >= 4 is 11.9 Å². The number of carboxylic acids is 2. The highest BCUT2D eigenvalue weighted by Gasteiger charge is 2.58. The zero-order valence-electron chi connectivity index (χ0n) is 11.2. The molecule has 1 heterocycles. The molecule has 6 nitrogen and oxygen atoms in total. The van der Waals surface area contributed by atoms with E-state index in [4.69, 9.17) is 9.47 Å². The molecule has 1 saturated carbocycles. The molecule has 0 radical (unpaired) electrons. The van der Waals surface area contributed by atoms with Gasteiger partial charge in [-0.2, -0.15) is 0 Å². The first-order chi connectivity index (χ1) is 9.97. The van der Waals surface area contributed by atoms with Crippen LogP contribution in [0.25, 0.3) is 0 Å². The summed E-state index contributed by atoms with van der Waals surface area (Å²) in [5, 5.41) is 22.1. The van der Waals surface area contributed by atoms with E-state index >= 15 is 0 Å². The molecule has 0 atom stereocenters. The molecular weight excluding hydrogens is 276 g/mol. The molecular formula is C15H14O6-2. The van der Waals surface area contributed by atoms with Crippen LogP contribution in [0, 0.1) is 10.8 Å². The van der Waals surface area contributed by atoms with Crippen molar-refractivity contribution in [2.75, 3.05) is 13.2 Å². The second kappa shape index (κ2) is 4.82. The molecule has 1 aliphatic carbocycles. The van der Waals surface area contributed by atoms with E-state index in [2.05, 4.69) is 0 Å². The Morgan fingerprint density at radius 3 is 2.00 bits per heavy atom. The highest BCUT2D eigenvalue weighted by atomic mass is 16.7. The lowest BCUT2D eigenvalue weighted by atomic mass is 9.53. The highest BCUT2D eigenvalue weighted by molar-refractivity contribution is 5.97. The number of aliphatic carboxylic acids is 2. The Morgan fingerprint density at radius 1 is 1.00 bits per heavy atom. The van der Waals surface area contributed by atoms with Gasteiger partial charge in [0, 0.05) is 11.0 Å². The summed E-state index contributed by atoms with van der Waals surface area (Å²) in [5.41, 5.74) is -1.62. The zero-order chi connectivity index (χ0) is 15.1. The minimum atomic E-state index is -1.91. The summed E-state index contributed by atoms with van der Waals surface area (Å²) >= 11 is 0. The summed E-state index contributed by atoms with van der Waals surface area (Å²) in [5.74, 6) is -3.20. The molecule has 0 aromatic heterocycles. The molecule has 1 aromatic rings. The maximum Gasteiger partial charge on any atom is 0.183 e. The number of ether oxygens (including phenoxy) is 2. The van der Waals surface area contributed by atoms with Gasteiger partial charge in [-0.15, -0.1) is 0 Å². The fourth-order valence-corrected chi connectivity index (χ4v) is 3.20. The second-order valence-electron chi connectivity index (χ2n) is 5.88. The number of carbonyl (C=O) groups excluding carboxylic acids is 2. The standard InChI is InChI=1S/C15H16O6/c16-12(17)15(13(18)19)6-14(7-15)8-20-11(21-9-14)10-4-2-1-3-5-10/h1-5,11H,6-9H2,(H,16,17)(H,18,19)/p-2. The van der Waals surface area contributed by atoms with Gasteiger partial charge >= 0.3 is 0 Å². The summed E-state index contributed by atoms with van der Waals surface area (Å²) in [6.07, 6.45) is -0.657. The molecule has 6 heteroatoms. The maximum atomic E-state index is 11.0. The van der Waals surface area contributed by atoms with E-state index in [1.54, 1.807) is 0 Å². The van der Waals surface area contributed by atoms with E-state index in [1.165, 1.54) is 0 Å². The van der Waals surface area contributed by atoms with Crippen LogP contribution in [0.3, 0.4) is 0 Å². The van der Waals surface area contributed by atoms with Crippen LogP contribution < -0.4 is 10.2 Å². The quantitative estimate of drug-likeness (QED) is 0.662. The zero-order valence-corrected chi connectivity index (χ0v) is 11.2. The topological polar surface area (TPSA) is 98.7 Å². The average molecular weight is 290 g/mol. The maximum absolute atomic E-state index is 11.0. The van der Waals surface area contributed by atoms with Gasteiger partial charge in [0.1, 0.15) is 0 Å². The van der Waals surface area contributed by atoms with E-state index in [0.29, 0.717) is 0 Å². The van der Waals surface area contributed by atoms with Crippen molar-refractivity contribution < 1.29 is 29.3 Å². The summed E-state index contributed by atoms with van der Waals surface area (Å²) in [6.45, 7) is 0.518. The first kappa shape index (κ1) is 14.0. The van der Waals surface area contributed by atoms with Crippen LogP contribution in [0.4, 0.5) is 0 Å². The van der Waals surface area contributed by atoms with E-state index in [-0.39, 0.29) is 26.1 Å². The number of hydrogen-bond acceptors (Lipinski definition) is 6. The predicted molar refractivity (Wildman–Crippen MR) is 65.2 cm³/mol. The van der Waals surface area contributed by atoms with Gasteiger partial charge in [-0.25, -0.2) is 0 Å². The summed E-state index contributed by atoms with van der Waals surface area (Å²) in [7, 11) is 0. The summed E-state index contributed by atoms with van der Waals surface area (Å²) in [4.78, 5) is 22.1. The van der Waals surface area contributed by atoms with Crippen LogP contribution in [0.5, 0.6) is 0 Å². The van der Waals surface area contributed by atoms with Crippen LogP contribution in [0.1, 0.15) is 24.7 Å². The minimum Gasteiger partial charge on any atom is -0.549 e. The van der Waals surface area contributed by atoms with E-state index < -0.39 is 29.1 Å². The molecule has 2 fully saturated rings. The molecule has 21 heavy (non-hydrogen) atoms. The van der Waals surface area contributed by atoms with Crippen LogP contribution in [0.15, 0.2) is 30.3 Å². The Morgan fingerprint density at radius 2 is 1.52 bits per heavy atom. The second-order valence-corrected chi connectivity index (χ2v) is 5.88. The smallest absolute Gasteiger partial charge is 0.183 e. The fourth-order valence-electron chi connectivity index (χ4n) is 3.20. The lowest BCUT2D eigenvalue weighted by Crippen LogP contribution is -2.66. The molecule has 0 amide bonds. The van der Waals surface area contributed by atoms with Crippen LogP contribution in [-0.4, -0.2) is 25.2 Å². The lowest BCUT2D eigenvalue weighted by molar-refractivity contribution is -0.364. The lowest BCUT2D eigenvalue weighted by Gasteiger charge is -2.58. The van der Waals surface area contributed by atoms with Gasteiger partial charge in [0.25, 0.3) is 0 Å². The molecule has 1 spiro atoms. The van der Waals surface area contributed by atoms with Crippen molar-refractivity contribution in [3.05, 3.63) is 35.9 Å². The van der Waals surface area contributed by atoms with Gasteiger partial charge < -0.3 is 29.3 Å². The monoisotopic (exact) mass is 290 g/mol. The van der Waals surface area contributed by atoms with Gasteiger partial charge in [-0.05, 0) is 12.8 Å². The number of hydrogen-bond donors (Lipinski definition) is 0. The number of benzene rings is 1. The van der Waals surface area contributed by atoms with E-state index in [9.17, 15) is 19.8 Å². The number of rotatable bonds is 3. The normalized spacial score (nSPS) is 23.4. The highest BCUT2D eigenvalue weighted by Crippen LogP contribution is 2.56. The number of carbonyl (C=O) groups is 2. The molecule has 1 aliphatic heterocycles. The van der Waals surface area contributed by atoms with Crippen molar-refractivity contribution in [1.82, 2.24) is 0 Å². The molecule has 1 saturated heterocycles. The first-order valence-electron chi connectivity index (χ1n) is 6.69. The van der Waals surface area contributed by atoms with Gasteiger partial charge in [0.15, 0.2) is 6.29 Å². The minimum absolute atomic E-state index is 0.0772. The third-order valence-electron chi connectivity index (χ3n) is 4.29. The third kappa shape index (κ3) is 2.20. The fraction of sp³-hybridized carbons (Fsp3) is 0.467. The third-order valence-corrected chi connectivity index (χ3v) is 4.29. The van der Waals surface area contributed by atoms with Crippen molar-refractivity contribution in [2.45, 2.75) is 19.1 Å². The van der Waals surface area contributed by atoms with Gasteiger partial charge in [0.2, 0.25) is 0 Å². The van der Waals surface area contributed by atoms with Crippen LogP contribution >= 0.6 is 0 Å². The molecule has 3 rings (SSSR count). The predicted octanol–water partition coefficient (Wildman–Crippen LogP) is -1.00. The Labute approximate surface area is 121 Å².